The van der Waals surface area contributed by atoms with Crippen molar-refractivity contribution in [2.24, 2.45) is 0 Å². The second kappa shape index (κ2) is 13.3. The fraction of sp³-hybridized carbons (Fsp3) is 0.600. The molecule has 22 heavy (non-hydrogen) atoms. The molecule has 4 N–H and O–H groups in total. The standard InChI is InChI=1S/C10H16N2O8.ClH.Cu/c13-7(14)3-11(4-8(15)16)1-2-12(5-9(17)18)6-10(19)20;;/h1-6H2,(H,13,14)(H,15,16)(H,17,18)(H,19,20);1H;/q;;+1/p-1. The average molecular weight is 391 g/mol. The normalized spacial score (nSPS) is 10.0. The van der Waals surface area contributed by atoms with Crippen molar-refractivity contribution in [3.05, 3.63) is 0 Å². The van der Waals surface area contributed by atoms with Gasteiger partial charge >= 0.3 is 49.1 Å². The Kier molecular flexibility index (Phi) is 13.8. The van der Waals surface area contributed by atoms with Gasteiger partial charge in [0.25, 0.3) is 0 Å². The van der Waals surface area contributed by atoms with E-state index in [1.54, 1.807) is 0 Å². The molecule has 0 aliphatic carbocycles. The first-order valence-corrected chi connectivity index (χ1v) is 6.93. The van der Waals surface area contributed by atoms with Crippen molar-refractivity contribution in [3.63, 3.8) is 0 Å². The number of rotatable bonds is 11. The van der Waals surface area contributed by atoms with Crippen LogP contribution in [-0.4, -0.2) is 93.4 Å². The summed E-state index contributed by atoms with van der Waals surface area (Å²) >= 11 is 3.66. The van der Waals surface area contributed by atoms with Crippen LogP contribution in [0.1, 0.15) is 0 Å². The monoisotopic (exact) mass is 390 g/mol. The molecule has 10 nitrogen and oxygen atoms in total. The van der Waals surface area contributed by atoms with Crippen molar-refractivity contribution < 1.29 is 54.7 Å². The van der Waals surface area contributed by atoms with E-state index in [1.807, 2.05) is 0 Å². The van der Waals surface area contributed by atoms with Gasteiger partial charge in [0, 0.05) is 13.1 Å². The second-order valence-electron chi connectivity index (χ2n) is 4.00. The molecule has 0 saturated carbocycles. The van der Waals surface area contributed by atoms with Crippen LogP contribution in [0, 0.1) is 0 Å². The van der Waals surface area contributed by atoms with Crippen LogP contribution < -0.4 is 0 Å². The van der Waals surface area contributed by atoms with Gasteiger partial charge in [-0.2, -0.15) is 0 Å². The Morgan fingerprint density at radius 3 is 0.955 bits per heavy atom. The van der Waals surface area contributed by atoms with Crippen LogP contribution in [0.5, 0.6) is 0 Å². The van der Waals surface area contributed by atoms with E-state index in [9.17, 15) is 19.2 Å². The molecule has 0 aliphatic rings. The third-order valence-corrected chi connectivity index (χ3v) is 2.17. The molecular weight excluding hydrogens is 375 g/mol. The van der Waals surface area contributed by atoms with E-state index in [2.05, 4.69) is 25.2 Å². The maximum atomic E-state index is 10.6. The maximum absolute atomic E-state index is 10.6. The van der Waals surface area contributed by atoms with Gasteiger partial charge in [0.1, 0.15) is 0 Å². The molecule has 132 valence electrons. The predicted octanol–water partition coefficient (Wildman–Crippen LogP) is -1.38. The molecule has 0 aromatic heterocycles. The number of carboxylic acids is 4. The van der Waals surface area contributed by atoms with Gasteiger partial charge in [-0.1, -0.05) is 0 Å². The van der Waals surface area contributed by atoms with Crippen LogP contribution in [-0.2, 0) is 34.3 Å². The van der Waals surface area contributed by atoms with Crippen LogP contribution in [0.4, 0.5) is 0 Å². The average Bonchev–Trinajstić information content (AvgIpc) is 2.35. The molecule has 0 aromatic carbocycles. The fourth-order valence-corrected chi connectivity index (χ4v) is 1.48. The molecule has 0 fully saturated rings. The zero-order valence-corrected chi connectivity index (χ0v) is 12.9. The van der Waals surface area contributed by atoms with E-state index >= 15 is 0 Å². The van der Waals surface area contributed by atoms with Gasteiger partial charge in [-0.3, -0.25) is 29.0 Å². The van der Waals surface area contributed by atoms with Crippen LogP contribution in [0.25, 0.3) is 0 Å². The molecule has 0 unspecified atom stereocenters. The predicted molar refractivity (Wildman–Crippen MR) is 69.3 cm³/mol. The van der Waals surface area contributed by atoms with Gasteiger partial charge in [0.15, 0.2) is 0 Å². The van der Waals surface area contributed by atoms with E-state index in [-0.39, 0.29) is 13.1 Å². The van der Waals surface area contributed by atoms with Gasteiger partial charge in [0.2, 0.25) is 0 Å². The van der Waals surface area contributed by atoms with Crippen molar-refractivity contribution in [1.82, 2.24) is 9.80 Å². The fourth-order valence-electron chi connectivity index (χ4n) is 1.48. The summed E-state index contributed by atoms with van der Waals surface area (Å²) in [6.45, 7) is -2.25. The summed E-state index contributed by atoms with van der Waals surface area (Å²) in [5, 5.41) is 34.5. The summed E-state index contributed by atoms with van der Waals surface area (Å²) in [5.41, 5.74) is 0. The van der Waals surface area contributed by atoms with Crippen molar-refractivity contribution in [2.75, 3.05) is 39.3 Å². The van der Waals surface area contributed by atoms with Crippen molar-refractivity contribution in [1.29, 1.82) is 0 Å². The molecule has 0 bridgehead atoms. The van der Waals surface area contributed by atoms with Gasteiger partial charge in [-0.25, -0.2) is 0 Å². The van der Waals surface area contributed by atoms with Gasteiger partial charge < -0.3 is 20.4 Å². The van der Waals surface area contributed by atoms with Crippen LogP contribution in [0.3, 0.4) is 0 Å². The molecule has 0 aliphatic heterocycles. The summed E-state index contributed by atoms with van der Waals surface area (Å²) in [5.74, 6) is -4.91. The first-order valence-electron chi connectivity index (χ1n) is 5.64. The number of hydrogen-bond donors (Lipinski definition) is 4. The summed E-state index contributed by atoms with van der Waals surface area (Å²) < 4.78 is 0. The molecule has 0 amide bonds. The number of nitrogens with zero attached hydrogens (tertiary/aromatic N) is 2. The Morgan fingerprint density at radius 2 is 0.818 bits per heavy atom. The van der Waals surface area contributed by atoms with E-state index < -0.39 is 50.1 Å². The minimum absolute atomic E-state index is 0.0703. The molecule has 12 heteroatoms. The molecular formula is C10H16ClCuN2O8. The molecule has 0 rings (SSSR count). The summed E-state index contributed by atoms with van der Waals surface area (Å²) in [6.07, 6.45) is 0. The Labute approximate surface area is 138 Å². The van der Waals surface area contributed by atoms with E-state index in [1.165, 1.54) is 0 Å². The quantitative estimate of drug-likeness (QED) is 0.310. The third-order valence-electron chi connectivity index (χ3n) is 2.17. The van der Waals surface area contributed by atoms with Crippen molar-refractivity contribution >= 4 is 34.0 Å². The van der Waals surface area contributed by atoms with E-state index in [0.29, 0.717) is 0 Å². The van der Waals surface area contributed by atoms with Crippen molar-refractivity contribution in [3.8, 4) is 0 Å². The number of carbonyl (C=O) groups is 4. The Balaban J connectivity index is 0. The SMILES string of the molecule is O=C(O)CN(CCN(CC(=O)O)CC(=O)O)CC(=O)O.[Cl][Cu]. The summed E-state index contributed by atoms with van der Waals surface area (Å²) in [4.78, 5) is 44.4. The molecule has 0 atom stereocenters. The zero-order valence-electron chi connectivity index (χ0n) is 11.2. The van der Waals surface area contributed by atoms with Gasteiger partial charge in [-0.05, 0) is 0 Å². The molecule has 0 saturated heterocycles. The van der Waals surface area contributed by atoms with Crippen LogP contribution >= 0.6 is 10.1 Å². The first-order chi connectivity index (χ1) is 10.2. The number of halogens is 1. The number of aliphatic carboxylic acids is 4. The van der Waals surface area contributed by atoms with Crippen LogP contribution in [0.15, 0.2) is 0 Å². The van der Waals surface area contributed by atoms with Crippen LogP contribution in [0.2, 0.25) is 0 Å². The molecule has 0 aromatic rings. The van der Waals surface area contributed by atoms with E-state index in [4.69, 9.17) is 20.4 Å². The Bertz CT molecular complexity index is 327. The number of carboxylic acid groups (broad SMARTS) is 4. The summed E-state index contributed by atoms with van der Waals surface area (Å²) in [7, 11) is 4.20. The summed E-state index contributed by atoms with van der Waals surface area (Å²) in [6, 6.07) is 0. The molecule has 0 spiro atoms. The third kappa shape index (κ3) is 15.0. The number of hydrogen-bond acceptors (Lipinski definition) is 6. The second-order valence-corrected chi connectivity index (χ2v) is 4.00. The van der Waals surface area contributed by atoms with Crippen molar-refractivity contribution in [2.45, 2.75) is 0 Å². The Hall–Kier alpha value is -1.39. The van der Waals surface area contributed by atoms with Gasteiger partial charge in [0.05, 0.1) is 26.2 Å². The molecule has 0 radical (unpaired) electrons. The minimum atomic E-state index is -1.23. The molecule has 0 heterocycles. The zero-order chi connectivity index (χ0) is 17.7. The Morgan fingerprint density at radius 1 is 0.636 bits per heavy atom. The van der Waals surface area contributed by atoms with Gasteiger partial charge in [-0.15, -0.1) is 0 Å². The topological polar surface area (TPSA) is 156 Å². The first kappa shape index (κ1) is 22.9. The van der Waals surface area contributed by atoms with E-state index in [0.717, 1.165) is 9.80 Å².